The van der Waals surface area contributed by atoms with Gasteiger partial charge in [-0.1, -0.05) is 46.3 Å². The van der Waals surface area contributed by atoms with Gasteiger partial charge in [0.1, 0.15) is 12.4 Å². The van der Waals surface area contributed by atoms with E-state index in [0.29, 0.717) is 21.9 Å². The molecule has 2 rings (SSSR count). The molecule has 0 radical (unpaired) electrons. The van der Waals surface area contributed by atoms with Crippen molar-refractivity contribution < 1.29 is 40.3 Å². The minimum absolute atomic E-state index is 0.0104. The molecular weight excluding hydrogens is 561 g/mol. The topological polar surface area (TPSA) is 58.2 Å². The Morgan fingerprint density at radius 2 is 1.64 bits per heavy atom. The number of alkyl halides is 6. The Labute approximate surface area is 212 Å². The summed E-state index contributed by atoms with van der Waals surface area (Å²) in [7, 11) is 1.48. The van der Waals surface area contributed by atoms with Crippen molar-refractivity contribution in [3.63, 3.8) is 0 Å². The smallest absolute Gasteiger partial charge is 0.346 e. The third-order valence-corrected chi connectivity index (χ3v) is 5.31. The number of aryl methyl sites for hydroxylation is 2. The van der Waals surface area contributed by atoms with Crippen LogP contribution in [0.15, 0.2) is 40.9 Å². The molecule has 0 saturated heterocycles. The molecular formula is C24H24BrF7N2O2. The van der Waals surface area contributed by atoms with Gasteiger partial charge in [-0.05, 0) is 55.3 Å². The summed E-state index contributed by atoms with van der Waals surface area (Å²) in [5.74, 6) is -3.01. The molecule has 0 aliphatic carbocycles. The summed E-state index contributed by atoms with van der Waals surface area (Å²) in [6.07, 6.45) is -5.81. The molecule has 0 bridgehead atoms. The van der Waals surface area contributed by atoms with Gasteiger partial charge in [-0.2, -0.15) is 26.3 Å². The first kappa shape index (κ1) is 31.3. The van der Waals surface area contributed by atoms with E-state index < -0.39 is 36.5 Å². The van der Waals surface area contributed by atoms with Gasteiger partial charge in [-0.15, -0.1) is 0 Å². The zero-order chi connectivity index (χ0) is 27.7. The van der Waals surface area contributed by atoms with Crippen LogP contribution in [0.2, 0.25) is 0 Å². The van der Waals surface area contributed by atoms with Crippen LogP contribution in [0.1, 0.15) is 38.5 Å². The van der Waals surface area contributed by atoms with E-state index in [4.69, 9.17) is 0 Å². The minimum atomic E-state index is -4.51. The summed E-state index contributed by atoms with van der Waals surface area (Å²) in [6, 6.07) is 7.08. The molecule has 2 aromatic carbocycles. The Kier molecular flexibility index (Phi) is 11.8. The molecule has 0 fully saturated rings. The van der Waals surface area contributed by atoms with E-state index >= 15 is 0 Å². The third-order valence-electron chi connectivity index (χ3n) is 4.63. The van der Waals surface area contributed by atoms with Crippen molar-refractivity contribution in [2.45, 2.75) is 32.1 Å². The van der Waals surface area contributed by atoms with Gasteiger partial charge in [-0.3, -0.25) is 9.59 Å². The lowest BCUT2D eigenvalue weighted by atomic mass is 9.93. The predicted octanol–water partition coefficient (Wildman–Crippen LogP) is 6.26. The Bertz CT molecular complexity index is 1060. The fourth-order valence-corrected chi connectivity index (χ4v) is 3.43. The molecule has 198 valence electrons. The number of benzene rings is 2. The van der Waals surface area contributed by atoms with Gasteiger partial charge in [0.25, 0.3) is 0 Å². The van der Waals surface area contributed by atoms with Crippen molar-refractivity contribution in [2.75, 3.05) is 20.1 Å². The average Bonchev–Trinajstić information content (AvgIpc) is 2.75. The maximum absolute atomic E-state index is 13.7. The number of likely N-dealkylation sites (N-methyl/N-ethyl adjacent to an activating group) is 1. The molecule has 2 aromatic rings. The summed E-state index contributed by atoms with van der Waals surface area (Å²) in [5, 5.41) is 4.12. The standard InChI is InChI=1S/C19H15BrF4O.C5H9F3N2O/c1-11-7-15(8-12(2)18(11)21)16(19(22,23)24)6-4-13-3-5-14(10-25)17(20)9-13;1-9-2-4(11)10-3-5(6,7)8/h3-10,16H,1-2H3;9H,2-3H2,1H3,(H,10,11)/b6-4+;. The summed E-state index contributed by atoms with van der Waals surface area (Å²) >= 11 is 3.20. The van der Waals surface area contributed by atoms with Crippen LogP contribution in [0.3, 0.4) is 0 Å². The van der Waals surface area contributed by atoms with E-state index in [1.165, 1.54) is 45.2 Å². The van der Waals surface area contributed by atoms with Gasteiger partial charge < -0.3 is 10.6 Å². The molecule has 0 heterocycles. The van der Waals surface area contributed by atoms with Gasteiger partial charge in [0.15, 0.2) is 6.29 Å². The number of carbonyl (C=O) groups excluding carboxylic acids is 2. The van der Waals surface area contributed by atoms with Crippen LogP contribution in [0.5, 0.6) is 0 Å². The van der Waals surface area contributed by atoms with Gasteiger partial charge in [0.2, 0.25) is 5.91 Å². The Balaban J connectivity index is 0.000000497. The Morgan fingerprint density at radius 3 is 2.08 bits per heavy atom. The molecule has 0 aromatic heterocycles. The quantitative estimate of drug-likeness (QED) is 0.298. The third kappa shape index (κ3) is 10.5. The van der Waals surface area contributed by atoms with Crippen molar-refractivity contribution in [2.24, 2.45) is 0 Å². The SMILES string of the molecule is CNCC(=O)NCC(F)(F)F.Cc1cc(C(/C=C/c2ccc(C=O)c(Br)c2)C(F)(F)F)cc(C)c1F. The summed E-state index contributed by atoms with van der Waals surface area (Å²) in [4.78, 5) is 21.2. The second-order valence-electron chi connectivity index (χ2n) is 7.67. The molecule has 0 saturated carbocycles. The number of amides is 1. The second-order valence-corrected chi connectivity index (χ2v) is 8.52. The van der Waals surface area contributed by atoms with E-state index in [2.05, 4.69) is 21.2 Å². The summed E-state index contributed by atoms with van der Waals surface area (Å²) in [6.45, 7) is 1.51. The zero-order valence-electron chi connectivity index (χ0n) is 19.5. The van der Waals surface area contributed by atoms with Crippen molar-refractivity contribution in [1.82, 2.24) is 10.6 Å². The number of halogens is 8. The maximum Gasteiger partial charge on any atom is 0.405 e. The van der Waals surface area contributed by atoms with Crippen molar-refractivity contribution >= 4 is 34.2 Å². The molecule has 2 N–H and O–H groups in total. The van der Waals surface area contributed by atoms with Gasteiger partial charge in [0.05, 0.1) is 12.5 Å². The number of allylic oxidation sites excluding steroid dienone is 1. The number of carbonyl (C=O) groups is 2. The first-order valence-electron chi connectivity index (χ1n) is 10.3. The van der Waals surface area contributed by atoms with E-state index in [1.54, 1.807) is 17.4 Å². The van der Waals surface area contributed by atoms with Gasteiger partial charge in [-0.25, -0.2) is 4.39 Å². The summed E-state index contributed by atoms with van der Waals surface area (Å²) in [5.41, 5.74) is 1.27. The largest absolute Gasteiger partial charge is 0.405 e. The van der Waals surface area contributed by atoms with E-state index in [9.17, 15) is 40.3 Å². The fourth-order valence-electron chi connectivity index (χ4n) is 2.94. The number of rotatable bonds is 7. The van der Waals surface area contributed by atoms with Crippen LogP contribution < -0.4 is 10.6 Å². The van der Waals surface area contributed by atoms with Crippen LogP contribution in [-0.2, 0) is 4.79 Å². The molecule has 0 spiro atoms. The highest BCUT2D eigenvalue weighted by Gasteiger charge is 2.39. The van der Waals surface area contributed by atoms with E-state index in [1.807, 2.05) is 0 Å². The van der Waals surface area contributed by atoms with Crippen LogP contribution in [0.4, 0.5) is 30.7 Å². The van der Waals surface area contributed by atoms with Crippen LogP contribution in [0.25, 0.3) is 6.08 Å². The molecule has 12 heteroatoms. The number of hydrogen-bond acceptors (Lipinski definition) is 3. The lowest BCUT2D eigenvalue weighted by Gasteiger charge is -2.19. The predicted molar refractivity (Wildman–Crippen MR) is 126 cm³/mol. The van der Waals surface area contributed by atoms with Gasteiger partial charge >= 0.3 is 12.4 Å². The van der Waals surface area contributed by atoms with Crippen LogP contribution in [-0.4, -0.2) is 44.7 Å². The first-order valence-corrected chi connectivity index (χ1v) is 11.1. The number of nitrogens with one attached hydrogen (secondary N) is 2. The molecule has 1 atom stereocenters. The van der Waals surface area contributed by atoms with E-state index in [0.717, 1.165) is 6.08 Å². The molecule has 0 aliphatic rings. The Morgan fingerprint density at radius 1 is 1.06 bits per heavy atom. The number of hydrogen-bond donors (Lipinski definition) is 2. The number of aldehydes is 1. The fraction of sp³-hybridized carbons (Fsp3) is 0.333. The second kappa shape index (κ2) is 13.5. The Hall–Kier alpha value is -2.73. The highest BCUT2D eigenvalue weighted by atomic mass is 79.9. The lowest BCUT2D eigenvalue weighted by molar-refractivity contribution is -0.139. The molecule has 36 heavy (non-hydrogen) atoms. The molecule has 1 unspecified atom stereocenters. The van der Waals surface area contributed by atoms with Gasteiger partial charge in [0, 0.05) is 10.0 Å². The van der Waals surface area contributed by atoms with Crippen molar-refractivity contribution in [1.29, 1.82) is 0 Å². The average molecular weight is 585 g/mol. The maximum atomic E-state index is 13.7. The molecule has 0 aliphatic heterocycles. The first-order chi connectivity index (χ1) is 16.6. The highest BCUT2D eigenvalue weighted by Crippen LogP contribution is 2.37. The zero-order valence-corrected chi connectivity index (χ0v) is 21.0. The van der Waals surface area contributed by atoms with Crippen LogP contribution in [0, 0.1) is 19.7 Å². The summed E-state index contributed by atoms with van der Waals surface area (Å²) < 4.78 is 88.9. The molecule has 1 amide bonds. The van der Waals surface area contributed by atoms with E-state index in [-0.39, 0.29) is 23.2 Å². The minimum Gasteiger partial charge on any atom is -0.346 e. The lowest BCUT2D eigenvalue weighted by Crippen LogP contribution is -2.38. The molecule has 4 nitrogen and oxygen atoms in total. The highest BCUT2D eigenvalue weighted by molar-refractivity contribution is 9.10. The van der Waals surface area contributed by atoms with Crippen LogP contribution >= 0.6 is 15.9 Å². The normalized spacial score (nSPS) is 12.6. The monoisotopic (exact) mass is 584 g/mol. The van der Waals surface area contributed by atoms with Crippen molar-refractivity contribution in [3.8, 4) is 0 Å². The van der Waals surface area contributed by atoms with Crippen molar-refractivity contribution in [3.05, 3.63) is 74.5 Å².